The van der Waals surface area contributed by atoms with Crippen LogP contribution >= 0.6 is 0 Å². The Kier molecular flexibility index (Phi) is 3.09. The maximum atomic E-state index is 11.3. The van der Waals surface area contributed by atoms with Crippen molar-refractivity contribution in [2.24, 2.45) is 4.36 Å². The van der Waals surface area contributed by atoms with Gasteiger partial charge in [0.05, 0.1) is 5.69 Å². The summed E-state index contributed by atoms with van der Waals surface area (Å²) in [7, 11) is -2.02. The lowest BCUT2D eigenvalue weighted by Crippen LogP contribution is -1.88. The Morgan fingerprint density at radius 1 is 1.23 bits per heavy atom. The molecule has 0 N–H and O–H groups in total. The fraction of sp³-hybridized carbons (Fsp3) is 0.400. The van der Waals surface area contributed by atoms with Crippen molar-refractivity contribution in [3.63, 3.8) is 0 Å². The van der Waals surface area contributed by atoms with E-state index in [1.807, 2.05) is 24.3 Å². The first kappa shape index (κ1) is 10.3. The Hall–Kier alpha value is -0.830. The third-order valence-corrected chi connectivity index (χ3v) is 2.32. The van der Waals surface area contributed by atoms with Crippen molar-refractivity contribution < 1.29 is 4.21 Å². The largest absolute Gasteiger partial charge is 0.250 e. The Morgan fingerprint density at radius 3 is 2.15 bits per heavy atom. The van der Waals surface area contributed by atoms with Crippen LogP contribution in [0.5, 0.6) is 0 Å². The molecule has 72 valence electrons. The first-order valence-corrected chi connectivity index (χ1v) is 6.60. The second-order valence-electron chi connectivity index (χ2n) is 3.29. The SMILES string of the molecule is CCc1ccc(N=S(C)(C)=O)cc1. The van der Waals surface area contributed by atoms with Crippen molar-refractivity contribution in [1.29, 1.82) is 0 Å². The lowest BCUT2D eigenvalue weighted by atomic mass is 10.2. The van der Waals surface area contributed by atoms with Gasteiger partial charge in [-0.05, 0) is 24.1 Å². The standard InChI is InChI=1S/C10H15NOS/c1-4-9-5-7-10(8-6-9)11-13(2,3)12/h5-8H,4H2,1-3H3. The molecule has 0 aliphatic rings. The minimum Gasteiger partial charge on any atom is -0.250 e. The molecule has 1 aromatic rings. The van der Waals surface area contributed by atoms with Crippen LogP contribution in [0.25, 0.3) is 0 Å². The number of hydrogen-bond donors (Lipinski definition) is 0. The summed E-state index contributed by atoms with van der Waals surface area (Å²) in [5.41, 5.74) is 2.07. The van der Waals surface area contributed by atoms with Crippen LogP contribution in [-0.4, -0.2) is 16.7 Å². The number of rotatable bonds is 2. The van der Waals surface area contributed by atoms with E-state index in [-0.39, 0.29) is 0 Å². The highest BCUT2D eigenvalue weighted by Gasteiger charge is 1.93. The van der Waals surface area contributed by atoms with Gasteiger partial charge >= 0.3 is 0 Å². The van der Waals surface area contributed by atoms with Crippen LogP contribution in [0, 0.1) is 0 Å². The summed E-state index contributed by atoms with van der Waals surface area (Å²) in [5, 5.41) is 0. The van der Waals surface area contributed by atoms with Gasteiger partial charge in [0.15, 0.2) is 0 Å². The van der Waals surface area contributed by atoms with Gasteiger partial charge < -0.3 is 0 Å². The van der Waals surface area contributed by atoms with Crippen LogP contribution in [0.1, 0.15) is 12.5 Å². The third-order valence-electron chi connectivity index (χ3n) is 1.67. The van der Waals surface area contributed by atoms with Crippen molar-refractivity contribution >= 4 is 15.4 Å². The molecule has 3 heteroatoms. The van der Waals surface area contributed by atoms with Gasteiger partial charge in [0.25, 0.3) is 0 Å². The molecule has 0 aromatic heterocycles. The molecule has 0 bridgehead atoms. The van der Waals surface area contributed by atoms with Crippen molar-refractivity contribution in [2.75, 3.05) is 12.5 Å². The summed E-state index contributed by atoms with van der Waals surface area (Å²) in [5.74, 6) is 0. The van der Waals surface area contributed by atoms with Gasteiger partial charge in [-0.25, -0.2) is 4.21 Å². The normalized spacial score (nSPS) is 11.3. The average Bonchev–Trinajstić information content (AvgIpc) is 2.03. The van der Waals surface area contributed by atoms with E-state index in [0.717, 1.165) is 12.1 Å². The molecule has 0 amide bonds. The summed E-state index contributed by atoms with van der Waals surface area (Å²) in [4.78, 5) is 0. The van der Waals surface area contributed by atoms with Crippen molar-refractivity contribution in [2.45, 2.75) is 13.3 Å². The average molecular weight is 197 g/mol. The second-order valence-corrected chi connectivity index (χ2v) is 5.84. The van der Waals surface area contributed by atoms with Gasteiger partial charge in [-0.3, -0.25) is 0 Å². The molecular weight excluding hydrogens is 182 g/mol. The summed E-state index contributed by atoms with van der Waals surface area (Å²) in [6.45, 7) is 2.11. The van der Waals surface area contributed by atoms with E-state index >= 15 is 0 Å². The van der Waals surface area contributed by atoms with Gasteiger partial charge in [-0.2, -0.15) is 4.36 Å². The van der Waals surface area contributed by atoms with E-state index < -0.39 is 9.73 Å². The molecule has 0 heterocycles. The molecule has 0 saturated carbocycles. The summed E-state index contributed by atoms with van der Waals surface area (Å²) in [6, 6.07) is 7.85. The summed E-state index contributed by atoms with van der Waals surface area (Å²) >= 11 is 0. The van der Waals surface area contributed by atoms with Gasteiger partial charge in [0.1, 0.15) is 0 Å². The van der Waals surface area contributed by atoms with E-state index in [4.69, 9.17) is 0 Å². The first-order chi connectivity index (χ1) is 6.01. The Morgan fingerprint density at radius 2 is 1.77 bits per heavy atom. The van der Waals surface area contributed by atoms with E-state index in [1.54, 1.807) is 12.5 Å². The number of nitrogens with zero attached hydrogens (tertiary/aromatic N) is 1. The maximum Gasteiger partial charge on any atom is 0.0730 e. The molecule has 0 radical (unpaired) electrons. The molecule has 2 nitrogen and oxygen atoms in total. The van der Waals surface area contributed by atoms with Gasteiger partial charge in [0.2, 0.25) is 0 Å². The van der Waals surface area contributed by atoms with E-state index in [9.17, 15) is 4.21 Å². The van der Waals surface area contributed by atoms with Crippen LogP contribution in [0.3, 0.4) is 0 Å². The monoisotopic (exact) mass is 197 g/mol. The Bertz CT molecular complexity index is 378. The fourth-order valence-electron chi connectivity index (χ4n) is 1.05. The zero-order valence-electron chi connectivity index (χ0n) is 8.28. The molecule has 1 aromatic carbocycles. The van der Waals surface area contributed by atoms with E-state index in [0.29, 0.717) is 0 Å². The van der Waals surface area contributed by atoms with Crippen LogP contribution in [0.4, 0.5) is 5.69 Å². The lowest BCUT2D eigenvalue weighted by Gasteiger charge is -1.98. The van der Waals surface area contributed by atoms with Crippen molar-refractivity contribution in [1.82, 2.24) is 0 Å². The highest BCUT2D eigenvalue weighted by Crippen LogP contribution is 2.14. The molecule has 13 heavy (non-hydrogen) atoms. The van der Waals surface area contributed by atoms with Crippen molar-refractivity contribution in [3.8, 4) is 0 Å². The lowest BCUT2D eigenvalue weighted by molar-refractivity contribution is 0.684. The summed E-state index contributed by atoms with van der Waals surface area (Å²) in [6.07, 6.45) is 4.30. The van der Waals surface area contributed by atoms with Crippen LogP contribution in [0.2, 0.25) is 0 Å². The first-order valence-electron chi connectivity index (χ1n) is 4.27. The van der Waals surface area contributed by atoms with Crippen LogP contribution < -0.4 is 0 Å². The Labute approximate surface area is 80.2 Å². The topological polar surface area (TPSA) is 29.4 Å². The number of aryl methyl sites for hydroxylation is 1. The highest BCUT2D eigenvalue weighted by molar-refractivity contribution is 7.92. The quantitative estimate of drug-likeness (QED) is 0.716. The fourth-order valence-corrected chi connectivity index (χ4v) is 1.68. The van der Waals surface area contributed by atoms with Crippen LogP contribution in [0.15, 0.2) is 28.6 Å². The number of benzene rings is 1. The second kappa shape index (κ2) is 3.92. The van der Waals surface area contributed by atoms with Gasteiger partial charge in [-0.1, -0.05) is 19.1 Å². The molecule has 1 rings (SSSR count). The van der Waals surface area contributed by atoms with Gasteiger partial charge in [-0.15, -0.1) is 0 Å². The molecule has 0 aliphatic carbocycles. The molecule has 0 spiro atoms. The summed E-state index contributed by atoms with van der Waals surface area (Å²) < 4.78 is 15.4. The molecule has 0 aliphatic heterocycles. The van der Waals surface area contributed by atoms with Crippen molar-refractivity contribution in [3.05, 3.63) is 29.8 Å². The molecule has 0 atom stereocenters. The number of hydrogen-bond acceptors (Lipinski definition) is 2. The zero-order valence-corrected chi connectivity index (χ0v) is 9.10. The Balaban J connectivity index is 3.01. The minimum absolute atomic E-state index is 0.798. The maximum absolute atomic E-state index is 11.3. The third kappa shape index (κ3) is 3.59. The van der Waals surface area contributed by atoms with Crippen LogP contribution in [-0.2, 0) is 16.1 Å². The van der Waals surface area contributed by atoms with E-state index in [1.165, 1.54) is 5.56 Å². The highest BCUT2D eigenvalue weighted by atomic mass is 32.2. The van der Waals surface area contributed by atoms with Gasteiger partial charge in [0, 0.05) is 22.2 Å². The van der Waals surface area contributed by atoms with E-state index in [2.05, 4.69) is 11.3 Å². The molecule has 0 unspecified atom stereocenters. The minimum atomic E-state index is -2.02. The molecule has 0 saturated heterocycles. The predicted octanol–water partition coefficient (Wildman–Crippen LogP) is 2.61. The zero-order chi connectivity index (χ0) is 9.90. The predicted molar refractivity (Wildman–Crippen MR) is 57.9 cm³/mol. The molecular formula is C10H15NOS. The smallest absolute Gasteiger partial charge is 0.0730 e. The molecule has 0 fully saturated rings.